The van der Waals surface area contributed by atoms with Crippen LogP contribution in [0.3, 0.4) is 0 Å². The molecule has 0 saturated carbocycles. The van der Waals surface area contributed by atoms with Gasteiger partial charge in [0.05, 0.1) is 0 Å². The van der Waals surface area contributed by atoms with Crippen LogP contribution in [0.1, 0.15) is 0 Å². The number of hydrogen-bond acceptors (Lipinski definition) is 0. The Hall–Kier alpha value is 0.232. The van der Waals surface area contributed by atoms with Crippen molar-refractivity contribution in [1.82, 2.24) is 0 Å². The first-order chi connectivity index (χ1) is 1.91. The molecule has 0 heterocycles. The van der Waals surface area contributed by atoms with E-state index in [2.05, 4.69) is 22.9 Å². The molecule has 0 aromatic rings. The molecule has 0 N–H and O–H groups in total. The summed E-state index contributed by atoms with van der Waals surface area (Å²) in [4.78, 5) is 0. The van der Waals surface area contributed by atoms with E-state index in [9.17, 15) is 0 Å². The Kier molecular flexibility index (Phi) is 15.9. The van der Waals surface area contributed by atoms with E-state index in [0.717, 1.165) is 5.28 Å². The van der Waals surface area contributed by atoms with Gasteiger partial charge in [0.15, 0.2) is 0 Å². The standard InChI is InChI=1S/C3H5.Al.O/c1-3-2;;/h3H,1-2H2;;/q;+2;-2. The van der Waals surface area contributed by atoms with Crippen molar-refractivity contribution in [3.63, 3.8) is 0 Å². The molecule has 0 unspecified atom stereocenters. The summed E-state index contributed by atoms with van der Waals surface area (Å²) in [5.41, 5.74) is 0. The van der Waals surface area contributed by atoms with Crippen molar-refractivity contribution in [3.8, 4) is 0 Å². The molecular formula is C3H5AlO. The van der Waals surface area contributed by atoms with E-state index >= 15 is 0 Å². The summed E-state index contributed by atoms with van der Waals surface area (Å²) >= 11 is 2.54. The van der Waals surface area contributed by atoms with E-state index in [-0.39, 0.29) is 5.48 Å². The first-order valence-electron chi connectivity index (χ1n) is 1.22. The van der Waals surface area contributed by atoms with E-state index in [1.165, 1.54) is 0 Å². The van der Waals surface area contributed by atoms with Gasteiger partial charge in [0.1, 0.15) is 0 Å². The van der Waals surface area contributed by atoms with Gasteiger partial charge in [0.25, 0.3) is 0 Å². The summed E-state index contributed by atoms with van der Waals surface area (Å²) in [6.07, 6.45) is 1.84. The zero-order valence-electron chi connectivity index (χ0n) is 2.98. The molecule has 0 radical (unpaired) electrons. The van der Waals surface area contributed by atoms with Crippen LogP contribution in [0.2, 0.25) is 5.28 Å². The normalized spacial score (nSPS) is 5.20. The van der Waals surface area contributed by atoms with Gasteiger partial charge in [-0.1, -0.05) is 0 Å². The maximum Gasteiger partial charge on any atom is -2.00 e. The number of rotatable bonds is 1. The van der Waals surface area contributed by atoms with E-state index in [0.29, 0.717) is 0 Å². The quantitative estimate of drug-likeness (QED) is 0.329. The third-order valence-corrected chi connectivity index (χ3v) is 0.500. The summed E-state index contributed by atoms with van der Waals surface area (Å²) in [6.45, 7) is 3.46. The Morgan fingerprint density at radius 2 is 2.00 bits per heavy atom. The molecule has 1 nitrogen and oxygen atoms in total. The van der Waals surface area contributed by atoms with Crippen molar-refractivity contribution < 1.29 is 5.48 Å². The number of hydrogen-bond donors (Lipinski definition) is 0. The molecule has 0 atom stereocenters. The van der Waals surface area contributed by atoms with E-state index in [1.807, 2.05) is 6.08 Å². The zero-order valence-corrected chi connectivity index (χ0v) is 4.13. The fourth-order valence-corrected chi connectivity index (χ4v) is 0. The molecule has 0 spiro atoms. The van der Waals surface area contributed by atoms with Crippen LogP contribution in [-0.4, -0.2) is 16.3 Å². The molecule has 0 amide bonds. The Balaban J connectivity index is 0. The van der Waals surface area contributed by atoms with Gasteiger partial charge in [-0.25, -0.2) is 0 Å². The molecule has 0 aliphatic rings. The van der Waals surface area contributed by atoms with Crippen LogP contribution in [0.15, 0.2) is 12.7 Å². The fourth-order valence-electron chi connectivity index (χ4n) is 0. The summed E-state index contributed by atoms with van der Waals surface area (Å²) < 4.78 is 0. The first-order valence-corrected chi connectivity index (χ1v) is 2.04. The predicted molar refractivity (Wildman–Crippen MR) is 21.4 cm³/mol. The molecule has 0 bridgehead atoms. The smallest absolute Gasteiger partial charge is 2.00 e. The molecular weight excluding hydrogens is 79.0 g/mol. The zero-order chi connectivity index (χ0) is 3.41. The minimum absolute atomic E-state index is 0. The van der Waals surface area contributed by atoms with Gasteiger partial charge < -0.3 is 5.48 Å². The van der Waals surface area contributed by atoms with E-state index in [1.54, 1.807) is 0 Å². The molecule has 0 fully saturated rings. The average molecular weight is 84.1 g/mol. The minimum Gasteiger partial charge on any atom is -2.00 e. The number of allylic oxidation sites excluding steroid dienone is 1. The molecule has 0 rings (SSSR count). The van der Waals surface area contributed by atoms with Crippen LogP contribution in [0.5, 0.6) is 0 Å². The van der Waals surface area contributed by atoms with Gasteiger partial charge in [0, 0.05) is 0 Å². The van der Waals surface area contributed by atoms with Crippen molar-refractivity contribution in [2.75, 3.05) is 0 Å². The van der Waals surface area contributed by atoms with Crippen LogP contribution in [-0.2, 0) is 5.48 Å². The van der Waals surface area contributed by atoms with Gasteiger partial charge in [-0.15, -0.1) is 0 Å². The second-order valence-corrected chi connectivity index (χ2v) is 0.996. The maximum absolute atomic E-state index is 3.46. The van der Waals surface area contributed by atoms with Gasteiger partial charge >= 0.3 is 34.2 Å². The van der Waals surface area contributed by atoms with Crippen molar-refractivity contribution in [2.45, 2.75) is 5.28 Å². The van der Waals surface area contributed by atoms with Crippen molar-refractivity contribution >= 4 is 16.3 Å². The van der Waals surface area contributed by atoms with Crippen LogP contribution in [0.25, 0.3) is 0 Å². The molecule has 0 aromatic carbocycles. The predicted octanol–water partition coefficient (Wildman–Crippen LogP) is 0.640. The van der Waals surface area contributed by atoms with Gasteiger partial charge in [-0.05, 0) is 0 Å². The monoisotopic (exact) mass is 84.0 g/mol. The van der Waals surface area contributed by atoms with E-state index in [4.69, 9.17) is 0 Å². The van der Waals surface area contributed by atoms with Crippen molar-refractivity contribution in [2.24, 2.45) is 0 Å². The molecule has 26 valence electrons. The minimum atomic E-state index is 0. The molecule has 0 aliphatic heterocycles. The SMILES string of the molecule is C=C[CH2][Al+2].[O-2]. The Morgan fingerprint density at radius 1 is 1.80 bits per heavy atom. The van der Waals surface area contributed by atoms with Crippen LogP contribution in [0.4, 0.5) is 0 Å². The van der Waals surface area contributed by atoms with Crippen molar-refractivity contribution in [1.29, 1.82) is 0 Å². The second-order valence-electron chi connectivity index (χ2n) is 0.524. The molecule has 0 aromatic heterocycles. The van der Waals surface area contributed by atoms with Crippen LogP contribution >= 0.6 is 0 Å². The third kappa shape index (κ3) is 13.9. The van der Waals surface area contributed by atoms with Crippen LogP contribution < -0.4 is 0 Å². The van der Waals surface area contributed by atoms with Crippen LogP contribution in [0, 0.1) is 0 Å². The first kappa shape index (κ1) is 8.97. The Labute approximate surface area is 40.4 Å². The summed E-state index contributed by atoms with van der Waals surface area (Å²) in [7, 11) is 0. The van der Waals surface area contributed by atoms with E-state index < -0.39 is 0 Å². The summed E-state index contributed by atoms with van der Waals surface area (Å²) in [6, 6.07) is 0. The second kappa shape index (κ2) is 8.87. The van der Waals surface area contributed by atoms with Gasteiger partial charge in [0.2, 0.25) is 0 Å². The largest absolute Gasteiger partial charge is 2.00 e. The fraction of sp³-hybridized carbons (Fsp3) is 0.333. The molecule has 0 aliphatic carbocycles. The topological polar surface area (TPSA) is 28.5 Å². The average Bonchev–Trinajstić information content (AvgIpc) is 1.37. The molecule has 2 heteroatoms. The van der Waals surface area contributed by atoms with Gasteiger partial charge in [-0.2, -0.15) is 0 Å². The maximum atomic E-state index is 3.46. The third-order valence-electron chi connectivity index (χ3n) is 0.167. The Bertz CT molecular complexity index is 20.9. The van der Waals surface area contributed by atoms with Gasteiger partial charge in [-0.3, -0.25) is 0 Å². The molecule has 5 heavy (non-hydrogen) atoms. The Morgan fingerprint density at radius 3 is 2.00 bits per heavy atom. The summed E-state index contributed by atoms with van der Waals surface area (Å²) in [5.74, 6) is 0. The molecule has 0 saturated heterocycles. The summed E-state index contributed by atoms with van der Waals surface area (Å²) in [5, 5.41) is 1.00. The van der Waals surface area contributed by atoms with Crippen molar-refractivity contribution in [3.05, 3.63) is 12.7 Å².